The Kier molecular flexibility index (Phi) is 2.46. The number of H-pyrrole nitrogens is 1. The van der Waals surface area contributed by atoms with Gasteiger partial charge < -0.3 is 5.73 Å². The zero-order chi connectivity index (χ0) is 10.9. The molecule has 0 unspecified atom stereocenters. The highest BCUT2D eigenvalue weighted by atomic mass is 16.1. The summed E-state index contributed by atoms with van der Waals surface area (Å²) in [7, 11) is 0. The van der Waals surface area contributed by atoms with Crippen molar-refractivity contribution in [3.05, 3.63) is 16.3 Å². The second kappa shape index (κ2) is 3.64. The predicted molar refractivity (Wildman–Crippen MR) is 57.5 cm³/mol. The lowest BCUT2D eigenvalue weighted by Crippen LogP contribution is -2.29. The van der Waals surface area contributed by atoms with Crippen molar-refractivity contribution in [1.29, 1.82) is 0 Å². The summed E-state index contributed by atoms with van der Waals surface area (Å²) >= 11 is 0. The van der Waals surface area contributed by atoms with E-state index in [4.69, 9.17) is 5.73 Å². The Hall–Kier alpha value is -1.39. The molecule has 1 aliphatic rings. The minimum Gasteiger partial charge on any atom is -0.368 e. The van der Waals surface area contributed by atoms with Crippen molar-refractivity contribution in [1.82, 2.24) is 15.0 Å². The van der Waals surface area contributed by atoms with E-state index in [1.807, 2.05) is 0 Å². The van der Waals surface area contributed by atoms with Crippen LogP contribution in [-0.4, -0.2) is 15.0 Å². The highest BCUT2D eigenvalue weighted by Gasteiger charge is 2.36. The van der Waals surface area contributed by atoms with Crippen LogP contribution in [0, 0.1) is 0 Å². The number of aromatic nitrogens is 3. The first-order valence-corrected chi connectivity index (χ1v) is 5.40. The summed E-state index contributed by atoms with van der Waals surface area (Å²) in [6.07, 6.45) is 5.53. The lowest BCUT2D eigenvalue weighted by molar-refractivity contribution is 0.396. The molecule has 2 rings (SSSR count). The smallest absolute Gasteiger partial charge is 0.349 e. The Bertz CT molecular complexity index is 406. The molecule has 0 aromatic carbocycles. The molecule has 0 saturated heterocycles. The summed E-state index contributed by atoms with van der Waals surface area (Å²) in [5.74, 6) is 0.800. The van der Waals surface area contributed by atoms with Gasteiger partial charge in [0.1, 0.15) is 5.82 Å². The maximum absolute atomic E-state index is 11.2. The molecule has 3 N–H and O–H groups in total. The quantitative estimate of drug-likeness (QED) is 0.758. The number of rotatable bonds is 2. The Morgan fingerprint density at radius 1 is 1.40 bits per heavy atom. The summed E-state index contributed by atoms with van der Waals surface area (Å²) in [4.78, 5) is 21.7. The normalized spacial score (nSPS) is 19.3. The standard InChI is InChI=1S/C10H16N4O/c1-2-10(5-3-4-6-10)7-12-8(11)14-9(15)13-7/h2-6H2,1H3,(H3,11,12,13,14,15). The van der Waals surface area contributed by atoms with Gasteiger partial charge in [0.05, 0.1) is 0 Å². The van der Waals surface area contributed by atoms with Crippen LogP contribution in [0.25, 0.3) is 0 Å². The van der Waals surface area contributed by atoms with Gasteiger partial charge in [0, 0.05) is 5.41 Å². The van der Waals surface area contributed by atoms with Gasteiger partial charge in [0.2, 0.25) is 5.95 Å². The molecule has 1 aliphatic carbocycles. The molecule has 0 spiro atoms. The Morgan fingerprint density at radius 2 is 2.07 bits per heavy atom. The van der Waals surface area contributed by atoms with Crippen molar-refractivity contribution in [2.45, 2.75) is 44.4 Å². The highest BCUT2D eigenvalue weighted by Crippen LogP contribution is 2.41. The van der Waals surface area contributed by atoms with Crippen LogP contribution in [0.15, 0.2) is 4.79 Å². The molecular weight excluding hydrogens is 192 g/mol. The summed E-state index contributed by atoms with van der Waals surface area (Å²) in [5, 5.41) is 0. The molecule has 0 radical (unpaired) electrons. The van der Waals surface area contributed by atoms with E-state index in [0.717, 1.165) is 25.1 Å². The number of hydrogen-bond donors (Lipinski definition) is 2. The molecule has 1 aromatic heterocycles. The first-order chi connectivity index (χ1) is 7.16. The fourth-order valence-electron chi connectivity index (χ4n) is 2.46. The minimum atomic E-state index is -0.391. The SMILES string of the molecule is CCC1(c2nc(N)nc(=O)[nH]2)CCCC1. The van der Waals surface area contributed by atoms with Crippen LogP contribution in [0.2, 0.25) is 0 Å². The maximum Gasteiger partial charge on any atom is 0.349 e. The Morgan fingerprint density at radius 3 is 2.60 bits per heavy atom. The number of nitrogen functional groups attached to an aromatic ring is 1. The third kappa shape index (κ3) is 1.73. The molecule has 5 nitrogen and oxygen atoms in total. The van der Waals surface area contributed by atoms with Gasteiger partial charge in [0.15, 0.2) is 0 Å². The summed E-state index contributed by atoms with van der Waals surface area (Å²) in [6.45, 7) is 2.13. The zero-order valence-corrected chi connectivity index (χ0v) is 8.92. The van der Waals surface area contributed by atoms with E-state index in [0.29, 0.717) is 0 Å². The molecule has 1 fully saturated rings. The summed E-state index contributed by atoms with van der Waals surface area (Å²) in [5.41, 5.74) is 5.13. The third-order valence-electron chi connectivity index (χ3n) is 3.41. The van der Waals surface area contributed by atoms with E-state index in [1.165, 1.54) is 12.8 Å². The summed E-state index contributed by atoms with van der Waals surface area (Å²) < 4.78 is 0. The average molecular weight is 208 g/mol. The van der Waals surface area contributed by atoms with E-state index >= 15 is 0 Å². The minimum absolute atomic E-state index is 0.0240. The van der Waals surface area contributed by atoms with Gasteiger partial charge in [-0.1, -0.05) is 19.8 Å². The number of aromatic amines is 1. The molecule has 82 valence electrons. The van der Waals surface area contributed by atoms with Gasteiger partial charge in [0.25, 0.3) is 0 Å². The number of hydrogen-bond acceptors (Lipinski definition) is 4. The molecule has 0 atom stereocenters. The Balaban J connectivity index is 2.46. The Labute approximate surface area is 88.1 Å². The highest BCUT2D eigenvalue weighted by molar-refractivity contribution is 5.18. The first kappa shape index (κ1) is 10.1. The molecule has 1 aromatic rings. The number of anilines is 1. The fourth-order valence-corrected chi connectivity index (χ4v) is 2.46. The van der Waals surface area contributed by atoms with Gasteiger partial charge in [-0.25, -0.2) is 4.79 Å². The van der Waals surface area contributed by atoms with Gasteiger partial charge in [-0.15, -0.1) is 0 Å². The van der Waals surface area contributed by atoms with Gasteiger partial charge in [-0.2, -0.15) is 9.97 Å². The number of nitrogens with two attached hydrogens (primary N) is 1. The van der Waals surface area contributed by atoms with Crippen molar-refractivity contribution < 1.29 is 0 Å². The molecule has 1 heterocycles. The zero-order valence-electron chi connectivity index (χ0n) is 8.92. The first-order valence-electron chi connectivity index (χ1n) is 5.40. The second-order valence-electron chi connectivity index (χ2n) is 4.20. The number of nitrogens with one attached hydrogen (secondary N) is 1. The van der Waals surface area contributed by atoms with Crippen molar-refractivity contribution >= 4 is 5.95 Å². The molecule has 0 amide bonds. The molecule has 5 heteroatoms. The topological polar surface area (TPSA) is 84.7 Å². The van der Waals surface area contributed by atoms with E-state index in [9.17, 15) is 4.79 Å². The molecule has 1 saturated carbocycles. The van der Waals surface area contributed by atoms with Crippen LogP contribution in [-0.2, 0) is 5.41 Å². The van der Waals surface area contributed by atoms with Gasteiger partial charge in [-0.05, 0) is 19.3 Å². The second-order valence-corrected chi connectivity index (χ2v) is 4.20. The predicted octanol–water partition coefficient (Wildman–Crippen LogP) is 0.969. The lowest BCUT2D eigenvalue weighted by Gasteiger charge is -2.25. The molecule has 15 heavy (non-hydrogen) atoms. The fraction of sp³-hybridized carbons (Fsp3) is 0.700. The molecule has 0 bridgehead atoms. The lowest BCUT2D eigenvalue weighted by atomic mass is 9.82. The maximum atomic E-state index is 11.2. The average Bonchev–Trinajstić information content (AvgIpc) is 2.65. The van der Waals surface area contributed by atoms with E-state index in [1.54, 1.807) is 0 Å². The van der Waals surface area contributed by atoms with Crippen LogP contribution < -0.4 is 11.4 Å². The van der Waals surface area contributed by atoms with Crippen molar-refractivity contribution in [2.24, 2.45) is 0 Å². The monoisotopic (exact) mass is 208 g/mol. The van der Waals surface area contributed by atoms with Gasteiger partial charge in [-0.3, -0.25) is 4.98 Å². The van der Waals surface area contributed by atoms with Crippen molar-refractivity contribution in [2.75, 3.05) is 5.73 Å². The van der Waals surface area contributed by atoms with Crippen molar-refractivity contribution in [3.8, 4) is 0 Å². The number of nitrogens with zero attached hydrogens (tertiary/aromatic N) is 2. The van der Waals surface area contributed by atoms with E-state index < -0.39 is 5.69 Å². The third-order valence-corrected chi connectivity index (χ3v) is 3.41. The van der Waals surface area contributed by atoms with E-state index in [2.05, 4.69) is 21.9 Å². The summed E-state index contributed by atoms with van der Waals surface area (Å²) in [6, 6.07) is 0. The van der Waals surface area contributed by atoms with Crippen LogP contribution in [0.5, 0.6) is 0 Å². The molecule has 0 aliphatic heterocycles. The van der Waals surface area contributed by atoms with E-state index in [-0.39, 0.29) is 11.4 Å². The van der Waals surface area contributed by atoms with Crippen LogP contribution >= 0.6 is 0 Å². The van der Waals surface area contributed by atoms with Gasteiger partial charge >= 0.3 is 5.69 Å². The van der Waals surface area contributed by atoms with Crippen LogP contribution in [0.1, 0.15) is 44.9 Å². The largest absolute Gasteiger partial charge is 0.368 e. The van der Waals surface area contributed by atoms with Crippen LogP contribution in [0.4, 0.5) is 5.95 Å². The van der Waals surface area contributed by atoms with Crippen molar-refractivity contribution in [3.63, 3.8) is 0 Å². The molecular formula is C10H16N4O. The van der Waals surface area contributed by atoms with Crippen LogP contribution in [0.3, 0.4) is 0 Å².